The van der Waals surface area contributed by atoms with Gasteiger partial charge in [-0.15, -0.1) is 18.3 Å². The first kappa shape index (κ1) is 18.5. The van der Waals surface area contributed by atoms with Crippen molar-refractivity contribution >= 4 is 11.8 Å². The Bertz CT molecular complexity index is 491. The largest absolute Gasteiger partial charge is 0.392 e. The molecule has 0 saturated carbocycles. The summed E-state index contributed by atoms with van der Waals surface area (Å²) in [5, 5.41) is 20.6. The molecule has 1 aliphatic heterocycles. The predicted molar refractivity (Wildman–Crippen MR) is 92.4 cm³/mol. The Balaban J connectivity index is 1.81. The lowest BCUT2D eigenvalue weighted by molar-refractivity contribution is -0.147. The van der Waals surface area contributed by atoms with Crippen molar-refractivity contribution in [1.82, 2.24) is 0 Å². The van der Waals surface area contributed by atoms with Crippen LogP contribution in [-0.4, -0.2) is 46.7 Å². The van der Waals surface area contributed by atoms with Gasteiger partial charge in [0.15, 0.2) is 5.79 Å². The molecule has 0 aliphatic carbocycles. The van der Waals surface area contributed by atoms with Gasteiger partial charge in [0.2, 0.25) is 0 Å². The highest BCUT2D eigenvalue weighted by Gasteiger charge is 2.39. The Morgan fingerprint density at radius 3 is 2.61 bits per heavy atom. The minimum Gasteiger partial charge on any atom is -0.392 e. The molecule has 0 bridgehead atoms. The van der Waals surface area contributed by atoms with Crippen LogP contribution in [0.3, 0.4) is 0 Å². The molecule has 0 amide bonds. The molecule has 4 atom stereocenters. The lowest BCUT2D eigenvalue weighted by Gasteiger charge is -2.27. The van der Waals surface area contributed by atoms with Gasteiger partial charge in [-0.05, 0) is 26.0 Å². The molecule has 128 valence electrons. The summed E-state index contributed by atoms with van der Waals surface area (Å²) in [5.41, 5.74) is 0. The second-order valence-electron chi connectivity index (χ2n) is 6.26. The normalized spacial score (nSPS) is 24.1. The number of benzene rings is 1. The van der Waals surface area contributed by atoms with Gasteiger partial charge >= 0.3 is 0 Å². The molecule has 1 heterocycles. The standard InChI is InChI=1S/C18H26O4S/c1-4-15(17-11-21-18(2,3)22-17)16(20)10-13(19)12-23-14-8-6-5-7-9-14/h4-9,13,15-17,19-20H,1,10-12H2,2-3H3/t13-,15+,16+,17+/m1/s1. The van der Waals surface area contributed by atoms with Gasteiger partial charge in [0.1, 0.15) is 0 Å². The molecule has 2 N–H and O–H groups in total. The van der Waals surface area contributed by atoms with Crippen LogP contribution < -0.4 is 0 Å². The number of thioether (sulfide) groups is 1. The van der Waals surface area contributed by atoms with Crippen molar-refractivity contribution in [1.29, 1.82) is 0 Å². The smallest absolute Gasteiger partial charge is 0.163 e. The van der Waals surface area contributed by atoms with Crippen molar-refractivity contribution in [2.24, 2.45) is 5.92 Å². The second kappa shape index (κ2) is 8.31. The van der Waals surface area contributed by atoms with Crippen LogP contribution in [0.4, 0.5) is 0 Å². The van der Waals surface area contributed by atoms with Crippen LogP contribution in [0.1, 0.15) is 20.3 Å². The molecule has 1 aromatic rings. The van der Waals surface area contributed by atoms with Crippen molar-refractivity contribution in [3.63, 3.8) is 0 Å². The summed E-state index contributed by atoms with van der Waals surface area (Å²) >= 11 is 1.58. The molecule has 0 aromatic heterocycles. The number of rotatable bonds is 8. The maximum Gasteiger partial charge on any atom is 0.163 e. The number of ether oxygens (including phenoxy) is 2. The molecular formula is C18H26O4S. The first-order valence-electron chi connectivity index (χ1n) is 7.89. The highest BCUT2D eigenvalue weighted by Crippen LogP contribution is 2.30. The predicted octanol–water partition coefficient (Wildman–Crippen LogP) is 2.84. The Morgan fingerprint density at radius 2 is 2.04 bits per heavy atom. The van der Waals surface area contributed by atoms with Gasteiger partial charge < -0.3 is 19.7 Å². The summed E-state index contributed by atoms with van der Waals surface area (Å²) in [4.78, 5) is 1.11. The summed E-state index contributed by atoms with van der Waals surface area (Å²) in [6.45, 7) is 7.92. The lowest BCUT2D eigenvalue weighted by atomic mass is 9.92. The monoisotopic (exact) mass is 338 g/mol. The molecule has 1 fully saturated rings. The zero-order chi connectivity index (χ0) is 16.9. The summed E-state index contributed by atoms with van der Waals surface area (Å²) < 4.78 is 11.3. The summed E-state index contributed by atoms with van der Waals surface area (Å²) in [6.07, 6.45) is 0.453. The summed E-state index contributed by atoms with van der Waals surface area (Å²) in [7, 11) is 0. The van der Waals surface area contributed by atoms with E-state index in [1.807, 2.05) is 44.2 Å². The van der Waals surface area contributed by atoms with E-state index in [0.29, 0.717) is 12.4 Å². The fourth-order valence-corrected chi connectivity index (χ4v) is 3.55. The van der Waals surface area contributed by atoms with Crippen molar-refractivity contribution in [2.45, 2.75) is 49.3 Å². The van der Waals surface area contributed by atoms with Crippen molar-refractivity contribution in [3.8, 4) is 0 Å². The minimum absolute atomic E-state index is 0.230. The van der Waals surface area contributed by atoms with E-state index in [1.165, 1.54) is 0 Å². The van der Waals surface area contributed by atoms with Crippen molar-refractivity contribution < 1.29 is 19.7 Å². The third-order valence-corrected chi connectivity index (χ3v) is 5.03. The lowest BCUT2D eigenvalue weighted by Crippen LogP contribution is -2.36. The van der Waals surface area contributed by atoms with Crippen molar-refractivity contribution in [2.75, 3.05) is 12.4 Å². The van der Waals surface area contributed by atoms with E-state index in [-0.39, 0.29) is 18.4 Å². The third-order valence-electron chi connectivity index (χ3n) is 3.88. The van der Waals surface area contributed by atoms with Gasteiger partial charge in [0, 0.05) is 23.0 Å². The van der Waals surface area contributed by atoms with Crippen LogP contribution in [0.5, 0.6) is 0 Å². The van der Waals surface area contributed by atoms with Crippen LogP contribution in [0, 0.1) is 5.92 Å². The molecule has 23 heavy (non-hydrogen) atoms. The van der Waals surface area contributed by atoms with Gasteiger partial charge in [-0.2, -0.15) is 0 Å². The van der Waals surface area contributed by atoms with Crippen LogP contribution in [-0.2, 0) is 9.47 Å². The van der Waals surface area contributed by atoms with Crippen LogP contribution >= 0.6 is 11.8 Å². The highest BCUT2D eigenvalue weighted by atomic mass is 32.2. The molecular weight excluding hydrogens is 312 g/mol. The first-order chi connectivity index (χ1) is 10.9. The molecule has 2 rings (SSSR count). The maximum absolute atomic E-state index is 10.4. The van der Waals surface area contributed by atoms with Gasteiger partial charge in [0.25, 0.3) is 0 Å². The number of aliphatic hydroxyl groups is 2. The summed E-state index contributed by atoms with van der Waals surface area (Å²) in [5.74, 6) is -0.348. The third kappa shape index (κ3) is 5.62. The molecule has 0 radical (unpaired) electrons. The number of hydrogen-bond donors (Lipinski definition) is 2. The number of hydrogen-bond acceptors (Lipinski definition) is 5. The second-order valence-corrected chi connectivity index (χ2v) is 7.35. The SMILES string of the molecule is C=C[C@H]([C@@H]1COC(C)(C)O1)[C@@H](O)C[C@@H](O)CSc1ccccc1. The molecule has 1 aliphatic rings. The first-order valence-corrected chi connectivity index (χ1v) is 8.88. The van der Waals surface area contributed by atoms with E-state index in [2.05, 4.69) is 6.58 Å². The van der Waals surface area contributed by atoms with E-state index < -0.39 is 18.0 Å². The highest BCUT2D eigenvalue weighted by molar-refractivity contribution is 7.99. The molecule has 4 nitrogen and oxygen atoms in total. The van der Waals surface area contributed by atoms with E-state index in [9.17, 15) is 10.2 Å². The fraction of sp³-hybridized carbons (Fsp3) is 0.556. The van der Waals surface area contributed by atoms with E-state index in [4.69, 9.17) is 9.47 Å². The Labute approximate surface area is 142 Å². The quantitative estimate of drug-likeness (QED) is 0.564. The molecule has 5 heteroatoms. The van der Waals surface area contributed by atoms with Crippen LogP contribution in [0.2, 0.25) is 0 Å². The van der Waals surface area contributed by atoms with Crippen LogP contribution in [0.25, 0.3) is 0 Å². The van der Waals surface area contributed by atoms with Crippen LogP contribution in [0.15, 0.2) is 47.9 Å². The average molecular weight is 338 g/mol. The maximum atomic E-state index is 10.4. The van der Waals surface area contributed by atoms with Gasteiger partial charge in [-0.25, -0.2) is 0 Å². The zero-order valence-electron chi connectivity index (χ0n) is 13.7. The topological polar surface area (TPSA) is 58.9 Å². The van der Waals surface area contributed by atoms with Gasteiger partial charge in [-0.3, -0.25) is 0 Å². The zero-order valence-corrected chi connectivity index (χ0v) is 14.5. The molecule has 1 aromatic carbocycles. The fourth-order valence-electron chi connectivity index (χ4n) is 2.67. The van der Waals surface area contributed by atoms with Crippen molar-refractivity contribution in [3.05, 3.63) is 43.0 Å². The Kier molecular flexibility index (Phi) is 6.68. The summed E-state index contributed by atoms with van der Waals surface area (Å²) in [6, 6.07) is 9.91. The average Bonchev–Trinajstić information content (AvgIpc) is 2.87. The Morgan fingerprint density at radius 1 is 1.35 bits per heavy atom. The Hall–Kier alpha value is -0.850. The molecule has 0 spiro atoms. The minimum atomic E-state index is -0.707. The number of aliphatic hydroxyl groups excluding tert-OH is 2. The molecule has 1 saturated heterocycles. The molecule has 0 unspecified atom stereocenters. The van der Waals surface area contributed by atoms with Gasteiger partial charge in [0.05, 0.1) is 24.9 Å². The van der Waals surface area contributed by atoms with E-state index in [0.717, 1.165) is 4.90 Å². The van der Waals surface area contributed by atoms with Gasteiger partial charge in [-0.1, -0.05) is 24.3 Å². The van der Waals surface area contributed by atoms with E-state index >= 15 is 0 Å². The van der Waals surface area contributed by atoms with E-state index in [1.54, 1.807) is 17.8 Å².